The summed E-state index contributed by atoms with van der Waals surface area (Å²) < 4.78 is 35.3. The van der Waals surface area contributed by atoms with E-state index >= 15 is 4.39 Å². The minimum absolute atomic E-state index is 0.0669. The van der Waals surface area contributed by atoms with Gasteiger partial charge in [0.05, 0.1) is 42.1 Å². The van der Waals surface area contributed by atoms with Crippen molar-refractivity contribution in [1.29, 1.82) is 0 Å². The third-order valence-corrected chi connectivity index (χ3v) is 13.7. The fraction of sp³-hybridized carbons (Fsp3) is 0.553. The third-order valence-electron chi connectivity index (χ3n) is 12.8. The molecule has 4 aromatic rings. The number of aryl methyl sites for hydroxylation is 1. The first-order valence-electron chi connectivity index (χ1n) is 22.4. The summed E-state index contributed by atoms with van der Waals surface area (Å²) in [4.78, 5) is 81.2. The van der Waals surface area contributed by atoms with Crippen LogP contribution in [0.5, 0.6) is 0 Å². The summed E-state index contributed by atoms with van der Waals surface area (Å²) in [6.45, 7) is 13.1. The number of ether oxygens (including phenoxy) is 3. The van der Waals surface area contributed by atoms with E-state index in [1.165, 1.54) is 21.9 Å². The van der Waals surface area contributed by atoms with Crippen LogP contribution in [0.2, 0.25) is 0 Å². The maximum Gasteiger partial charge on any atom is 0.409 e. The first-order valence-corrected chi connectivity index (χ1v) is 23.2. The second kappa shape index (κ2) is 19.6. The second-order valence-electron chi connectivity index (χ2n) is 18.4. The molecule has 0 saturated carbocycles. The number of likely N-dealkylation sites (N-methyl/N-ethyl adjacent to an activating group) is 1. The number of hydrogen-bond donors (Lipinski definition) is 2. The fourth-order valence-electron chi connectivity index (χ4n) is 9.49. The van der Waals surface area contributed by atoms with Crippen LogP contribution >= 0.6 is 11.3 Å². The van der Waals surface area contributed by atoms with Crippen LogP contribution < -0.4 is 10.7 Å². The number of cyclic esters (lactones) is 1. The summed E-state index contributed by atoms with van der Waals surface area (Å²) >= 11 is 0.799. The molecule has 1 aromatic carbocycles. The number of rotatable bonds is 9. The molecule has 6 heterocycles. The topological polar surface area (TPSA) is 178 Å². The number of carbonyl (C=O) groups is 5. The van der Waals surface area contributed by atoms with Gasteiger partial charge in [0.15, 0.2) is 0 Å². The van der Waals surface area contributed by atoms with Crippen molar-refractivity contribution in [3.8, 4) is 22.5 Å². The predicted molar refractivity (Wildman–Crippen MR) is 243 cm³/mol. The lowest BCUT2D eigenvalue weighted by atomic mass is 9.84. The van der Waals surface area contributed by atoms with E-state index in [1.54, 1.807) is 34.2 Å². The normalized spacial score (nSPS) is 21.2. The highest BCUT2D eigenvalue weighted by atomic mass is 32.1. The predicted octanol–water partition coefficient (Wildman–Crippen LogP) is 5.91. The fourth-order valence-corrected chi connectivity index (χ4v) is 10.3. The molecule has 3 aliphatic rings. The molecular formula is C47H61FN8O8S. The van der Waals surface area contributed by atoms with E-state index in [9.17, 15) is 24.0 Å². The lowest BCUT2D eigenvalue weighted by Crippen LogP contribution is -2.62. The highest BCUT2D eigenvalue weighted by Crippen LogP contribution is 2.42. The number of hydrazine groups is 1. The second-order valence-corrected chi connectivity index (χ2v) is 19.4. The number of hydrogen-bond acceptors (Lipinski definition) is 12. The number of nitrogens with one attached hydrogen (secondary N) is 2. The number of carbonyl (C=O) groups excluding carboxylic acids is 5. The van der Waals surface area contributed by atoms with Crippen molar-refractivity contribution >= 4 is 52.0 Å². The van der Waals surface area contributed by atoms with E-state index in [0.29, 0.717) is 44.3 Å². The Morgan fingerprint density at radius 3 is 2.60 bits per heavy atom. The SMILES string of the molecule is CCn1c(-c2cccnc2[C@H](C)OC)c2c3cc(ccc31)-c1nc(sc1F)C[C@H](NC(=O)C(C(C)C)N(C)C(=O)[C@H]1CCN(C(=O)OC)C1)C(=O)N1CCC[C@H](N1)C(=O)OCC(C)(C)C2. The zero-order valence-electron chi connectivity index (χ0n) is 38.7. The van der Waals surface area contributed by atoms with Crippen LogP contribution in [0.1, 0.15) is 83.2 Å². The molecule has 2 saturated heterocycles. The van der Waals surface area contributed by atoms with Gasteiger partial charge in [0.2, 0.25) is 16.9 Å². The molecular weight excluding hydrogens is 856 g/mol. The van der Waals surface area contributed by atoms with Crippen LogP contribution in [-0.4, -0.2) is 125 Å². The van der Waals surface area contributed by atoms with Crippen LogP contribution in [0.25, 0.3) is 33.4 Å². The molecule has 350 valence electrons. The first kappa shape index (κ1) is 47.5. The standard InChI is InChI=1S/C47H61FN8O8S/c1-10-55-35-16-15-28-21-31(35)32(40(55)30-13-11-18-49-37(30)27(4)62-8)23-47(5,6)25-64-45(60)33-14-12-19-56(52-33)44(59)34(22-36-51-38(28)41(48)65-36)50-42(57)39(26(2)3)53(7)43(58)29-17-20-54(24-29)46(61)63-9/h11,13,15-16,18,21,26-27,29,33-34,39,52H,10,12,14,17,19-20,22-25H2,1-9H3,(H,50,57)/t27-,29-,33-,34-,39?/m0/s1. The molecule has 2 fully saturated rings. The summed E-state index contributed by atoms with van der Waals surface area (Å²) in [5, 5.41) is 4.83. The summed E-state index contributed by atoms with van der Waals surface area (Å²) in [6.07, 6.45) is 2.52. The van der Waals surface area contributed by atoms with Crippen molar-refractivity contribution in [3.05, 3.63) is 57.9 Å². The van der Waals surface area contributed by atoms with Gasteiger partial charge >= 0.3 is 12.1 Å². The van der Waals surface area contributed by atoms with Crippen molar-refractivity contribution in [1.82, 2.24) is 40.1 Å². The number of benzene rings is 1. The van der Waals surface area contributed by atoms with Crippen molar-refractivity contribution in [2.24, 2.45) is 17.3 Å². The summed E-state index contributed by atoms with van der Waals surface area (Å²) in [5.74, 6) is -2.89. The molecule has 0 spiro atoms. The Labute approximate surface area is 383 Å². The minimum atomic E-state index is -1.26. The van der Waals surface area contributed by atoms with Gasteiger partial charge in [0.25, 0.3) is 5.91 Å². The van der Waals surface area contributed by atoms with Crippen molar-refractivity contribution in [2.45, 2.75) is 104 Å². The van der Waals surface area contributed by atoms with Gasteiger partial charge in [-0.1, -0.05) is 45.1 Å². The first-order chi connectivity index (χ1) is 31.0. The van der Waals surface area contributed by atoms with Gasteiger partial charge in [-0.25, -0.2) is 15.2 Å². The zero-order valence-corrected chi connectivity index (χ0v) is 39.6. The van der Waals surface area contributed by atoms with Gasteiger partial charge < -0.3 is 33.9 Å². The van der Waals surface area contributed by atoms with Crippen molar-refractivity contribution < 1.29 is 42.6 Å². The van der Waals surface area contributed by atoms with Crippen LogP contribution in [0.15, 0.2) is 36.5 Å². The van der Waals surface area contributed by atoms with Crippen LogP contribution in [-0.2, 0) is 52.8 Å². The Hall–Kier alpha value is -5.46. The number of halogens is 1. The molecule has 5 atom stereocenters. The molecule has 16 nitrogen and oxygen atoms in total. The number of pyridine rings is 1. The molecule has 6 bridgehead atoms. The number of amides is 4. The molecule has 2 N–H and O–H groups in total. The van der Waals surface area contributed by atoms with Gasteiger partial charge in [-0.15, -0.1) is 0 Å². The number of methoxy groups -OCH3 is 2. The van der Waals surface area contributed by atoms with Crippen LogP contribution in [0, 0.1) is 22.4 Å². The Bertz CT molecular complexity index is 2450. The highest BCUT2D eigenvalue weighted by molar-refractivity contribution is 7.10. The number of esters is 1. The molecule has 3 aliphatic heterocycles. The van der Waals surface area contributed by atoms with Crippen LogP contribution in [0.3, 0.4) is 0 Å². The smallest absolute Gasteiger partial charge is 0.409 e. The molecule has 7 rings (SSSR count). The van der Waals surface area contributed by atoms with E-state index in [2.05, 4.69) is 22.2 Å². The molecule has 4 amide bonds. The lowest BCUT2D eigenvalue weighted by Gasteiger charge is -2.36. The van der Waals surface area contributed by atoms with Gasteiger partial charge in [-0.3, -0.25) is 29.2 Å². The number of fused-ring (bicyclic) bond motifs is 6. The van der Waals surface area contributed by atoms with Gasteiger partial charge in [-0.2, -0.15) is 4.39 Å². The van der Waals surface area contributed by atoms with E-state index in [-0.39, 0.29) is 54.7 Å². The van der Waals surface area contributed by atoms with E-state index in [1.807, 2.05) is 51.1 Å². The number of likely N-dealkylation sites (tertiary alicyclic amines) is 1. The summed E-state index contributed by atoms with van der Waals surface area (Å²) in [7, 11) is 4.47. The minimum Gasteiger partial charge on any atom is -0.464 e. The molecule has 0 radical (unpaired) electrons. The number of aromatic nitrogens is 3. The quantitative estimate of drug-likeness (QED) is 0.191. The van der Waals surface area contributed by atoms with E-state index in [0.717, 1.165) is 44.8 Å². The van der Waals surface area contributed by atoms with Gasteiger partial charge in [0, 0.05) is 80.4 Å². The maximum atomic E-state index is 16.4. The van der Waals surface area contributed by atoms with Crippen molar-refractivity contribution in [3.63, 3.8) is 0 Å². The van der Waals surface area contributed by atoms with E-state index < -0.39 is 58.5 Å². The maximum absolute atomic E-state index is 16.4. The van der Waals surface area contributed by atoms with Crippen LogP contribution in [0.4, 0.5) is 9.18 Å². The summed E-state index contributed by atoms with van der Waals surface area (Å²) in [6, 6.07) is 6.58. The molecule has 18 heteroatoms. The lowest BCUT2D eigenvalue weighted by molar-refractivity contribution is -0.155. The largest absolute Gasteiger partial charge is 0.464 e. The summed E-state index contributed by atoms with van der Waals surface area (Å²) in [5.41, 5.74) is 7.65. The molecule has 65 heavy (non-hydrogen) atoms. The average Bonchev–Trinajstić information content (AvgIpc) is 4.02. The Morgan fingerprint density at radius 2 is 1.89 bits per heavy atom. The average molecular weight is 917 g/mol. The van der Waals surface area contributed by atoms with Gasteiger partial charge in [-0.05, 0) is 75.3 Å². The van der Waals surface area contributed by atoms with Gasteiger partial charge in [0.1, 0.15) is 23.8 Å². The Balaban J connectivity index is 1.29. The third kappa shape index (κ3) is 9.75. The van der Waals surface area contributed by atoms with Crippen molar-refractivity contribution in [2.75, 3.05) is 47.5 Å². The monoisotopic (exact) mass is 916 g/mol. The molecule has 0 aliphatic carbocycles. The Kier molecular flexibility index (Phi) is 14.3. The van der Waals surface area contributed by atoms with E-state index in [4.69, 9.17) is 24.2 Å². The highest BCUT2D eigenvalue weighted by Gasteiger charge is 2.41. The number of thiazole rings is 1. The molecule has 1 unspecified atom stereocenters. The Morgan fingerprint density at radius 1 is 1.12 bits per heavy atom. The molecule has 3 aromatic heterocycles. The number of nitrogens with zero attached hydrogens (tertiary/aromatic N) is 6. The zero-order chi connectivity index (χ0) is 46.9.